The van der Waals surface area contributed by atoms with Gasteiger partial charge in [0.15, 0.2) is 0 Å². The van der Waals surface area contributed by atoms with Crippen molar-refractivity contribution in [3.05, 3.63) is 74.6 Å². The second-order valence-electron chi connectivity index (χ2n) is 7.06. The van der Waals surface area contributed by atoms with E-state index in [9.17, 15) is 9.18 Å². The Morgan fingerprint density at radius 2 is 2.00 bits per heavy atom. The Kier molecular flexibility index (Phi) is 6.59. The fraction of sp³-hybridized carbons (Fsp3) is 0.318. The number of furan rings is 1. The highest BCUT2D eigenvalue weighted by Gasteiger charge is 2.13. The molecule has 0 atom stereocenters. The van der Waals surface area contributed by atoms with Crippen molar-refractivity contribution in [1.29, 1.82) is 0 Å². The second kappa shape index (κ2) is 9.33. The molecule has 0 saturated carbocycles. The quantitative estimate of drug-likeness (QED) is 0.279. The number of benzene rings is 2. The SMILES string of the molecule is Cc1c(CCC(=O)O)ccc(OCc2cc(F)cc3cc(CCN=[N+]=[N-])oc23)c1C. The number of ether oxygens (including phenoxy) is 1. The van der Waals surface area contributed by atoms with Gasteiger partial charge in [0.05, 0.1) is 0 Å². The summed E-state index contributed by atoms with van der Waals surface area (Å²) >= 11 is 0. The van der Waals surface area contributed by atoms with Crippen LogP contribution in [0.25, 0.3) is 21.4 Å². The molecular formula is C22H22FN3O4. The summed E-state index contributed by atoms with van der Waals surface area (Å²) in [6, 6.07) is 8.19. The predicted octanol–water partition coefficient (Wildman–Crippen LogP) is 5.64. The van der Waals surface area contributed by atoms with Crippen LogP contribution < -0.4 is 4.74 Å². The molecule has 2 aromatic carbocycles. The highest BCUT2D eigenvalue weighted by Crippen LogP contribution is 2.29. The van der Waals surface area contributed by atoms with Gasteiger partial charge in [-0.25, -0.2) is 4.39 Å². The van der Waals surface area contributed by atoms with Crippen molar-refractivity contribution in [2.45, 2.75) is 39.7 Å². The summed E-state index contributed by atoms with van der Waals surface area (Å²) < 4.78 is 25.8. The maximum Gasteiger partial charge on any atom is 0.303 e. The van der Waals surface area contributed by atoms with Crippen LogP contribution in [0.3, 0.4) is 0 Å². The number of rotatable bonds is 9. The number of carboxylic acid groups (broad SMARTS) is 1. The van der Waals surface area contributed by atoms with E-state index >= 15 is 0 Å². The fourth-order valence-electron chi connectivity index (χ4n) is 3.35. The Morgan fingerprint density at radius 3 is 2.73 bits per heavy atom. The van der Waals surface area contributed by atoms with Crippen molar-refractivity contribution in [3.63, 3.8) is 0 Å². The molecule has 30 heavy (non-hydrogen) atoms. The summed E-state index contributed by atoms with van der Waals surface area (Å²) in [5.41, 5.74) is 12.4. The molecule has 0 amide bonds. The van der Waals surface area contributed by atoms with Crippen LogP contribution >= 0.6 is 0 Å². The summed E-state index contributed by atoms with van der Waals surface area (Å²) in [5, 5.41) is 13.0. The zero-order valence-electron chi connectivity index (χ0n) is 16.8. The van der Waals surface area contributed by atoms with Crippen molar-refractivity contribution in [2.75, 3.05) is 6.54 Å². The molecule has 1 N–H and O–H groups in total. The number of aliphatic carboxylic acids is 1. The zero-order chi connectivity index (χ0) is 21.7. The van der Waals surface area contributed by atoms with E-state index in [0.29, 0.717) is 40.9 Å². The summed E-state index contributed by atoms with van der Waals surface area (Å²) in [6.07, 6.45) is 0.955. The van der Waals surface area contributed by atoms with Crippen molar-refractivity contribution >= 4 is 16.9 Å². The van der Waals surface area contributed by atoms with Crippen LogP contribution in [0, 0.1) is 19.7 Å². The molecule has 7 nitrogen and oxygen atoms in total. The van der Waals surface area contributed by atoms with Gasteiger partial charge in [0.1, 0.15) is 29.5 Å². The van der Waals surface area contributed by atoms with E-state index in [1.807, 2.05) is 26.0 Å². The number of carboxylic acids is 1. The lowest BCUT2D eigenvalue weighted by molar-refractivity contribution is -0.136. The van der Waals surface area contributed by atoms with Crippen molar-refractivity contribution < 1.29 is 23.4 Å². The Hall–Kier alpha value is -3.51. The molecule has 8 heteroatoms. The van der Waals surface area contributed by atoms with E-state index in [2.05, 4.69) is 10.0 Å². The van der Waals surface area contributed by atoms with E-state index < -0.39 is 5.97 Å². The van der Waals surface area contributed by atoms with E-state index in [1.165, 1.54) is 12.1 Å². The van der Waals surface area contributed by atoms with Crippen LogP contribution in [0.4, 0.5) is 4.39 Å². The van der Waals surface area contributed by atoms with Crippen LogP contribution in [0.15, 0.2) is 39.9 Å². The van der Waals surface area contributed by atoms with Gasteiger partial charge >= 0.3 is 5.97 Å². The van der Waals surface area contributed by atoms with Crippen LogP contribution in [-0.4, -0.2) is 17.6 Å². The Morgan fingerprint density at radius 1 is 1.20 bits per heavy atom. The molecule has 3 rings (SSSR count). The van der Waals surface area contributed by atoms with Gasteiger partial charge in [-0.15, -0.1) is 0 Å². The van der Waals surface area contributed by atoms with Crippen LogP contribution in [-0.2, 0) is 24.2 Å². The van der Waals surface area contributed by atoms with E-state index in [1.54, 1.807) is 6.07 Å². The topological polar surface area (TPSA) is 108 Å². The van der Waals surface area contributed by atoms with Gasteiger partial charge in [-0.1, -0.05) is 11.2 Å². The third-order valence-electron chi connectivity index (χ3n) is 5.07. The lowest BCUT2D eigenvalue weighted by Crippen LogP contribution is -2.03. The Bertz CT molecular complexity index is 1130. The number of nitrogens with zero attached hydrogens (tertiary/aromatic N) is 3. The molecule has 0 spiro atoms. The number of azide groups is 1. The minimum atomic E-state index is -0.834. The monoisotopic (exact) mass is 411 g/mol. The first-order chi connectivity index (χ1) is 14.4. The maximum absolute atomic E-state index is 14.1. The number of hydrogen-bond donors (Lipinski definition) is 1. The van der Waals surface area contributed by atoms with E-state index in [0.717, 1.165) is 16.7 Å². The standard InChI is InChI=1S/C22H22FN3O4/c1-13-14(2)20(5-3-15(13)4-6-21(27)28)29-12-17-10-18(23)9-16-11-19(30-22(16)17)7-8-25-26-24/h3,5,9-11H,4,6-8,12H2,1-2H3,(H,27,28). The fourth-order valence-corrected chi connectivity index (χ4v) is 3.35. The first-order valence-electron chi connectivity index (χ1n) is 9.54. The number of fused-ring (bicyclic) bond motifs is 1. The largest absolute Gasteiger partial charge is 0.488 e. The van der Waals surface area contributed by atoms with Gasteiger partial charge < -0.3 is 14.3 Å². The third-order valence-corrected chi connectivity index (χ3v) is 5.07. The highest BCUT2D eigenvalue weighted by atomic mass is 19.1. The molecular weight excluding hydrogens is 389 g/mol. The molecule has 0 unspecified atom stereocenters. The molecule has 1 aromatic heterocycles. The summed E-state index contributed by atoms with van der Waals surface area (Å²) in [6.45, 7) is 4.22. The predicted molar refractivity (Wildman–Crippen MR) is 110 cm³/mol. The normalized spacial score (nSPS) is 10.8. The average Bonchev–Trinajstić information content (AvgIpc) is 3.11. The van der Waals surface area contributed by atoms with Crippen molar-refractivity contribution in [2.24, 2.45) is 5.11 Å². The first kappa shape index (κ1) is 21.2. The Balaban J connectivity index is 1.80. The van der Waals surface area contributed by atoms with Crippen molar-refractivity contribution in [1.82, 2.24) is 0 Å². The lowest BCUT2D eigenvalue weighted by atomic mass is 9.99. The molecule has 0 fully saturated rings. The number of halogens is 1. The molecule has 1 heterocycles. The molecule has 0 aliphatic rings. The molecule has 3 aromatic rings. The summed E-state index contributed by atoms with van der Waals surface area (Å²) in [5.74, 6) is 0.0401. The minimum absolute atomic E-state index is 0.0717. The van der Waals surface area contributed by atoms with Crippen LogP contribution in [0.1, 0.15) is 34.4 Å². The van der Waals surface area contributed by atoms with E-state index in [-0.39, 0.29) is 25.4 Å². The number of carbonyl (C=O) groups is 1. The minimum Gasteiger partial charge on any atom is -0.488 e. The van der Waals surface area contributed by atoms with Crippen LogP contribution in [0.2, 0.25) is 0 Å². The molecule has 156 valence electrons. The smallest absolute Gasteiger partial charge is 0.303 e. The molecule has 0 aliphatic heterocycles. The first-order valence-corrected chi connectivity index (χ1v) is 9.54. The maximum atomic E-state index is 14.1. The summed E-state index contributed by atoms with van der Waals surface area (Å²) in [4.78, 5) is 13.5. The van der Waals surface area contributed by atoms with Gasteiger partial charge in [0.2, 0.25) is 0 Å². The molecule has 0 aliphatic carbocycles. The number of aryl methyl sites for hydroxylation is 1. The van der Waals surface area contributed by atoms with Crippen molar-refractivity contribution in [3.8, 4) is 5.75 Å². The van der Waals surface area contributed by atoms with Gasteiger partial charge in [0.25, 0.3) is 0 Å². The second-order valence-corrected chi connectivity index (χ2v) is 7.06. The molecule has 0 radical (unpaired) electrons. The lowest BCUT2D eigenvalue weighted by Gasteiger charge is -2.14. The van der Waals surface area contributed by atoms with Gasteiger partial charge in [-0.2, -0.15) is 0 Å². The van der Waals surface area contributed by atoms with Gasteiger partial charge in [0, 0.05) is 35.2 Å². The third kappa shape index (κ3) is 4.90. The van der Waals surface area contributed by atoms with Crippen LogP contribution in [0.5, 0.6) is 5.75 Å². The Labute approximate surface area is 172 Å². The van der Waals surface area contributed by atoms with Gasteiger partial charge in [-0.05, 0) is 66.8 Å². The van der Waals surface area contributed by atoms with E-state index in [4.69, 9.17) is 19.8 Å². The summed E-state index contributed by atoms with van der Waals surface area (Å²) in [7, 11) is 0. The molecule has 0 bridgehead atoms. The molecule has 0 saturated heterocycles. The number of hydrogen-bond acceptors (Lipinski definition) is 4. The average molecular weight is 411 g/mol. The zero-order valence-corrected chi connectivity index (χ0v) is 16.8. The van der Waals surface area contributed by atoms with Gasteiger partial charge in [-0.3, -0.25) is 4.79 Å². The highest BCUT2D eigenvalue weighted by molar-refractivity contribution is 5.81.